The second-order valence-electron chi connectivity index (χ2n) is 6.18. The number of pyridine rings is 1. The van der Waals surface area contributed by atoms with E-state index in [4.69, 9.17) is 10.5 Å². The number of aryl methyl sites for hydroxylation is 1. The fourth-order valence-electron chi connectivity index (χ4n) is 3.16. The second kappa shape index (κ2) is 6.38. The predicted molar refractivity (Wildman–Crippen MR) is 95.2 cm³/mol. The maximum absolute atomic E-state index is 13.6. The van der Waals surface area contributed by atoms with E-state index < -0.39 is 0 Å². The Morgan fingerprint density at radius 1 is 1.31 bits per heavy atom. The van der Waals surface area contributed by atoms with Gasteiger partial charge in [-0.15, -0.1) is 0 Å². The number of aromatic nitrogens is 3. The van der Waals surface area contributed by atoms with Crippen molar-refractivity contribution in [3.63, 3.8) is 0 Å². The maximum atomic E-state index is 13.6. The zero-order valence-corrected chi connectivity index (χ0v) is 14.3. The summed E-state index contributed by atoms with van der Waals surface area (Å²) >= 11 is 0. The Bertz CT molecular complexity index is 995. The van der Waals surface area contributed by atoms with Gasteiger partial charge < -0.3 is 20.4 Å². The smallest absolute Gasteiger partial charge is 0.258 e. The van der Waals surface area contributed by atoms with Gasteiger partial charge in [0, 0.05) is 18.7 Å². The number of fused-ring (bicyclic) bond motifs is 1. The SMILES string of the molecule is Cc1nc(N)c2[nH]c(-c3cccc(F)c3)nc2c1C(=O)N1CCOCC1. The van der Waals surface area contributed by atoms with Gasteiger partial charge in [0.25, 0.3) is 5.91 Å². The number of imidazole rings is 1. The third-order valence-electron chi connectivity index (χ3n) is 4.46. The molecule has 1 aromatic carbocycles. The van der Waals surface area contributed by atoms with Crippen LogP contribution in [0.1, 0.15) is 16.1 Å². The highest BCUT2D eigenvalue weighted by molar-refractivity contribution is 6.08. The van der Waals surface area contributed by atoms with Crippen molar-refractivity contribution in [2.45, 2.75) is 6.92 Å². The highest BCUT2D eigenvalue weighted by atomic mass is 19.1. The molecule has 2 aromatic heterocycles. The normalized spacial score (nSPS) is 14.8. The van der Waals surface area contributed by atoms with Crippen molar-refractivity contribution in [3.8, 4) is 11.4 Å². The van der Waals surface area contributed by atoms with Crippen LogP contribution in [0.3, 0.4) is 0 Å². The van der Waals surface area contributed by atoms with Crippen molar-refractivity contribution in [2.24, 2.45) is 0 Å². The summed E-state index contributed by atoms with van der Waals surface area (Å²) in [4.78, 5) is 26.7. The Labute approximate surface area is 149 Å². The van der Waals surface area contributed by atoms with Gasteiger partial charge in [-0.2, -0.15) is 0 Å². The highest BCUT2D eigenvalue weighted by Crippen LogP contribution is 2.28. The average molecular weight is 355 g/mol. The number of halogens is 1. The number of nitrogens with zero attached hydrogens (tertiary/aromatic N) is 3. The van der Waals surface area contributed by atoms with Gasteiger partial charge in [0.15, 0.2) is 0 Å². The van der Waals surface area contributed by atoms with Gasteiger partial charge in [0.1, 0.15) is 28.5 Å². The highest BCUT2D eigenvalue weighted by Gasteiger charge is 2.26. The first kappa shape index (κ1) is 16.5. The largest absolute Gasteiger partial charge is 0.382 e. The molecule has 0 radical (unpaired) electrons. The number of carbonyl (C=O) groups is 1. The molecular weight excluding hydrogens is 337 g/mol. The van der Waals surface area contributed by atoms with Crippen LogP contribution in [0.25, 0.3) is 22.4 Å². The number of morpholine rings is 1. The summed E-state index contributed by atoms with van der Waals surface area (Å²) < 4.78 is 18.9. The summed E-state index contributed by atoms with van der Waals surface area (Å²) in [6.45, 7) is 3.79. The van der Waals surface area contributed by atoms with Gasteiger partial charge in [-0.05, 0) is 19.1 Å². The molecule has 0 spiro atoms. The molecule has 1 amide bonds. The molecule has 0 bridgehead atoms. The van der Waals surface area contributed by atoms with Crippen molar-refractivity contribution in [1.29, 1.82) is 0 Å². The van der Waals surface area contributed by atoms with Crippen LogP contribution in [0.4, 0.5) is 10.2 Å². The minimum absolute atomic E-state index is 0.152. The second-order valence-corrected chi connectivity index (χ2v) is 6.18. The van der Waals surface area contributed by atoms with E-state index in [1.807, 2.05) is 0 Å². The zero-order chi connectivity index (χ0) is 18.3. The molecule has 3 heterocycles. The van der Waals surface area contributed by atoms with E-state index in [0.717, 1.165) is 0 Å². The Balaban J connectivity index is 1.86. The molecular formula is C18H18FN5O2. The number of nitrogens with two attached hydrogens (primary N) is 1. The van der Waals surface area contributed by atoms with Crippen LogP contribution in [0, 0.1) is 12.7 Å². The van der Waals surface area contributed by atoms with Gasteiger partial charge in [-0.3, -0.25) is 4.79 Å². The number of rotatable bonds is 2. The van der Waals surface area contributed by atoms with Gasteiger partial charge in [0.05, 0.1) is 24.5 Å². The van der Waals surface area contributed by atoms with Crippen LogP contribution in [0.5, 0.6) is 0 Å². The van der Waals surface area contributed by atoms with Crippen molar-refractivity contribution in [2.75, 3.05) is 32.0 Å². The number of benzene rings is 1. The van der Waals surface area contributed by atoms with E-state index in [-0.39, 0.29) is 17.5 Å². The Morgan fingerprint density at radius 3 is 2.81 bits per heavy atom. The number of ether oxygens (including phenoxy) is 1. The molecule has 3 N–H and O–H groups in total. The molecule has 0 aliphatic carbocycles. The molecule has 3 aromatic rings. The first-order chi connectivity index (χ1) is 12.5. The predicted octanol–water partition coefficient (Wildman–Crippen LogP) is 2.13. The topological polar surface area (TPSA) is 97.1 Å². The molecule has 1 saturated heterocycles. The van der Waals surface area contributed by atoms with E-state index >= 15 is 0 Å². The number of nitrogens with one attached hydrogen (secondary N) is 1. The standard InChI is InChI=1S/C18H18FN5O2/c1-10-13(18(25)24-5-7-26-8-6-24)14-15(16(20)21-10)23-17(22-14)11-3-2-4-12(19)9-11/h2-4,9H,5-8H2,1H3,(H2,20,21)(H,22,23). The number of hydrogen-bond donors (Lipinski definition) is 2. The van der Waals surface area contributed by atoms with E-state index in [0.29, 0.717) is 60.0 Å². The summed E-state index contributed by atoms with van der Waals surface area (Å²) in [5.41, 5.74) is 8.45. The fraction of sp³-hybridized carbons (Fsp3) is 0.278. The lowest BCUT2D eigenvalue weighted by atomic mass is 10.1. The van der Waals surface area contributed by atoms with Crippen LogP contribution in [-0.2, 0) is 4.74 Å². The molecule has 134 valence electrons. The van der Waals surface area contributed by atoms with Gasteiger partial charge in [-0.1, -0.05) is 12.1 Å². The molecule has 7 nitrogen and oxygen atoms in total. The van der Waals surface area contributed by atoms with Crippen molar-refractivity contribution in [3.05, 3.63) is 41.3 Å². The molecule has 0 atom stereocenters. The van der Waals surface area contributed by atoms with E-state index in [1.54, 1.807) is 24.0 Å². The third kappa shape index (κ3) is 2.78. The lowest BCUT2D eigenvalue weighted by Gasteiger charge is -2.27. The summed E-state index contributed by atoms with van der Waals surface area (Å²) in [7, 11) is 0. The molecule has 26 heavy (non-hydrogen) atoms. The van der Waals surface area contributed by atoms with Crippen LogP contribution in [0.15, 0.2) is 24.3 Å². The van der Waals surface area contributed by atoms with Crippen LogP contribution < -0.4 is 5.73 Å². The number of H-pyrrole nitrogens is 1. The molecule has 1 fully saturated rings. The molecule has 1 aliphatic heterocycles. The van der Waals surface area contributed by atoms with E-state index in [9.17, 15) is 9.18 Å². The lowest BCUT2D eigenvalue weighted by molar-refractivity contribution is 0.0303. The summed E-state index contributed by atoms with van der Waals surface area (Å²) in [5, 5.41) is 0. The van der Waals surface area contributed by atoms with Gasteiger partial charge in [0.2, 0.25) is 0 Å². The van der Waals surface area contributed by atoms with Gasteiger partial charge >= 0.3 is 0 Å². The van der Waals surface area contributed by atoms with Crippen molar-refractivity contribution in [1.82, 2.24) is 19.9 Å². The Kier molecular flexibility index (Phi) is 4.04. The number of amides is 1. The third-order valence-corrected chi connectivity index (χ3v) is 4.46. The summed E-state index contributed by atoms with van der Waals surface area (Å²) in [6.07, 6.45) is 0. The summed E-state index contributed by atoms with van der Waals surface area (Å²) in [6, 6.07) is 6.07. The van der Waals surface area contributed by atoms with Crippen LogP contribution >= 0.6 is 0 Å². The molecule has 8 heteroatoms. The maximum Gasteiger partial charge on any atom is 0.258 e. The van der Waals surface area contributed by atoms with Gasteiger partial charge in [-0.25, -0.2) is 14.4 Å². The van der Waals surface area contributed by atoms with E-state index in [2.05, 4.69) is 15.0 Å². The first-order valence-corrected chi connectivity index (χ1v) is 8.33. The molecule has 0 unspecified atom stereocenters. The lowest BCUT2D eigenvalue weighted by Crippen LogP contribution is -2.41. The van der Waals surface area contributed by atoms with Crippen molar-refractivity contribution >= 4 is 22.8 Å². The Morgan fingerprint density at radius 2 is 2.08 bits per heavy atom. The number of aromatic amines is 1. The average Bonchev–Trinajstić information content (AvgIpc) is 3.08. The number of hydrogen-bond acceptors (Lipinski definition) is 5. The monoisotopic (exact) mass is 355 g/mol. The number of anilines is 1. The first-order valence-electron chi connectivity index (χ1n) is 8.33. The minimum atomic E-state index is -0.366. The molecule has 0 saturated carbocycles. The summed E-state index contributed by atoms with van der Waals surface area (Å²) in [5.74, 6) is 0.177. The van der Waals surface area contributed by atoms with Crippen LogP contribution in [0.2, 0.25) is 0 Å². The molecule has 1 aliphatic rings. The minimum Gasteiger partial charge on any atom is -0.382 e. The number of nitrogen functional groups attached to an aromatic ring is 1. The van der Waals surface area contributed by atoms with Crippen LogP contribution in [-0.4, -0.2) is 52.1 Å². The number of carbonyl (C=O) groups excluding carboxylic acids is 1. The fourth-order valence-corrected chi connectivity index (χ4v) is 3.16. The zero-order valence-electron chi connectivity index (χ0n) is 14.3. The quantitative estimate of drug-likeness (QED) is 0.734. The van der Waals surface area contributed by atoms with E-state index in [1.165, 1.54) is 12.1 Å². The Hall–Kier alpha value is -3.00. The molecule has 4 rings (SSSR count). The van der Waals surface area contributed by atoms with Crippen molar-refractivity contribution < 1.29 is 13.9 Å².